The van der Waals surface area contributed by atoms with E-state index in [1.54, 1.807) is 0 Å². The molecule has 0 atom stereocenters. The number of rotatable bonds is 5. The summed E-state index contributed by atoms with van der Waals surface area (Å²) < 4.78 is 26.2. The van der Waals surface area contributed by atoms with Gasteiger partial charge in [0.25, 0.3) is 5.91 Å². The first-order valence-corrected chi connectivity index (χ1v) is 8.42. The lowest BCUT2D eigenvalue weighted by Gasteiger charge is -2.12. The topological polar surface area (TPSA) is 66.9 Å². The number of anilines is 3. The van der Waals surface area contributed by atoms with Gasteiger partial charge in [-0.15, -0.1) is 0 Å². The number of aromatic nitrogens is 2. The normalized spacial score (nSPS) is 10.5. The number of amides is 1. The number of hydrogen-bond donors (Lipinski definition) is 2. The zero-order chi connectivity index (χ0) is 19.4. The average Bonchev–Trinajstić information content (AvgIpc) is 2.67. The second kappa shape index (κ2) is 7.90. The molecule has 0 saturated heterocycles. The Bertz CT molecular complexity index is 974. The van der Waals surface area contributed by atoms with Gasteiger partial charge in [-0.25, -0.2) is 18.7 Å². The molecule has 0 radical (unpaired) electrons. The van der Waals surface area contributed by atoms with E-state index in [0.717, 1.165) is 35.4 Å². The number of carbonyl (C=O) groups is 1. The predicted molar refractivity (Wildman–Crippen MR) is 100 cm³/mol. The summed E-state index contributed by atoms with van der Waals surface area (Å²) in [4.78, 5) is 20.7. The van der Waals surface area contributed by atoms with Crippen LogP contribution in [-0.4, -0.2) is 15.9 Å². The van der Waals surface area contributed by atoms with Gasteiger partial charge in [0.15, 0.2) is 11.6 Å². The first-order valence-electron chi connectivity index (χ1n) is 8.42. The van der Waals surface area contributed by atoms with Crippen LogP contribution in [0.5, 0.6) is 0 Å². The minimum absolute atomic E-state index is 0.149. The molecule has 1 aromatic heterocycles. The zero-order valence-corrected chi connectivity index (χ0v) is 14.9. The van der Waals surface area contributed by atoms with Crippen LogP contribution in [0.1, 0.15) is 28.5 Å². The van der Waals surface area contributed by atoms with E-state index in [1.807, 2.05) is 32.0 Å². The Morgan fingerprint density at radius 2 is 1.89 bits per heavy atom. The summed E-state index contributed by atoms with van der Waals surface area (Å²) in [5, 5.41) is 5.68. The molecule has 0 unspecified atom stereocenters. The van der Waals surface area contributed by atoms with Crippen LogP contribution in [0.2, 0.25) is 0 Å². The Morgan fingerprint density at radius 1 is 1.07 bits per heavy atom. The summed E-state index contributed by atoms with van der Waals surface area (Å²) in [6.07, 6.45) is 3.47. The van der Waals surface area contributed by atoms with Gasteiger partial charge < -0.3 is 10.6 Å². The summed E-state index contributed by atoms with van der Waals surface area (Å²) in [6, 6.07) is 9.24. The molecular formula is C20H18F2N4O. The molecule has 0 aliphatic rings. The molecule has 27 heavy (non-hydrogen) atoms. The smallest absolute Gasteiger partial charge is 0.275 e. The molecule has 2 N–H and O–H groups in total. The predicted octanol–water partition coefficient (Wildman–Crippen LogP) is 4.62. The van der Waals surface area contributed by atoms with Crippen molar-refractivity contribution in [3.05, 3.63) is 77.2 Å². The highest BCUT2D eigenvalue weighted by Crippen LogP contribution is 2.22. The van der Waals surface area contributed by atoms with Crippen molar-refractivity contribution in [3.63, 3.8) is 0 Å². The second-order valence-electron chi connectivity index (χ2n) is 5.96. The molecule has 2 aromatic carbocycles. The monoisotopic (exact) mass is 368 g/mol. The van der Waals surface area contributed by atoms with Gasteiger partial charge in [0, 0.05) is 17.4 Å². The average molecular weight is 368 g/mol. The fourth-order valence-corrected chi connectivity index (χ4v) is 2.61. The van der Waals surface area contributed by atoms with Crippen LogP contribution < -0.4 is 10.6 Å². The van der Waals surface area contributed by atoms with E-state index in [9.17, 15) is 13.6 Å². The maximum Gasteiger partial charge on any atom is 0.275 e. The molecule has 138 valence electrons. The van der Waals surface area contributed by atoms with E-state index >= 15 is 0 Å². The summed E-state index contributed by atoms with van der Waals surface area (Å²) in [5.74, 6) is -1.95. The Morgan fingerprint density at radius 3 is 2.56 bits per heavy atom. The lowest BCUT2D eigenvalue weighted by Crippen LogP contribution is -2.16. The molecule has 1 heterocycles. The minimum Gasteiger partial charge on any atom is -0.339 e. The van der Waals surface area contributed by atoms with Crippen LogP contribution in [-0.2, 0) is 6.42 Å². The van der Waals surface area contributed by atoms with Crippen LogP contribution in [0.15, 0.2) is 48.8 Å². The van der Waals surface area contributed by atoms with Crippen molar-refractivity contribution in [3.8, 4) is 0 Å². The number of nitrogens with one attached hydrogen (secondary N) is 2. The highest BCUT2D eigenvalue weighted by Gasteiger charge is 2.12. The van der Waals surface area contributed by atoms with E-state index < -0.39 is 11.6 Å². The molecule has 0 fully saturated rings. The number of carbonyl (C=O) groups excluding carboxylic acids is 1. The number of hydrogen-bond acceptors (Lipinski definition) is 4. The van der Waals surface area contributed by atoms with Crippen LogP contribution in [0.25, 0.3) is 0 Å². The number of benzene rings is 2. The Hall–Kier alpha value is -3.35. The highest BCUT2D eigenvalue weighted by atomic mass is 19.2. The maximum atomic E-state index is 13.2. The number of aryl methyl sites for hydroxylation is 2. The minimum atomic E-state index is -0.964. The van der Waals surface area contributed by atoms with Crippen LogP contribution in [0.3, 0.4) is 0 Å². The molecule has 0 saturated carbocycles. The van der Waals surface area contributed by atoms with Crippen molar-refractivity contribution in [1.82, 2.24) is 9.97 Å². The largest absolute Gasteiger partial charge is 0.339 e. The number of nitrogens with zero attached hydrogens (tertiary/aromatic N) is 2. The van der Waals surface area contributed by atoms with Gasteiger partial charge in [-0.2, -0.15) is 0 Å². The Balaban J connectivity index is 1.73. The van der Waals surface area contributed by atoms with Crippen LogP contribution in [0, 0.1) is 18.6 Å². The quantitative estimate of drug-likeness (QED) is 0.689. The number of halogens is 2. The van der Waals surface area contributed by atoms with E-state index in [2.05, 4.69) is 20.6 Å². The van der Waals surface area contributed by atoms with E-state index in [4.69, 9.17) is 0 Å². The van der Waals surface area contributed by atoms with Gasteiger partial charge in [0.2, 0.25) is 0 Å². The van der Waals surface area contributed by atoms with Crippen LogP contribution >= 0.6 is 0 Å². The van der Waals surface area contributed by atoms with Gasteiger partial charge in [0.05, 0.1) is 12.4 Å². The van der Waals surface area contributed by atoms with Crippen molar-refractivity contribution < 1.29 is 13.6 Å². The van der Waals surface area contributed by atoms with Gasteiger partial charge in [-0.05, 0) is 36.6 Å². The second-order valence-corrected chi connectivity index (χ2v) is 5.96. The molecular weight excluding hydrogens is 350 g/mol. The maximum absolute atomic E-state index is 13.2. The molecule has 0 bridgehead atoms. The van der Waals surface area contributed by atoms with Crippen molar-refractivity contribution in [2.24, 2.45) is 0 Å². The van der Waals surface area contributed by atoms with Crippen molar-refractivity contribution in [2.75, 3.05) is 10.6 Å². The molecule has 7 heteroatoms. The fraction of sp³-hybridized carbons (Fsp3) is 0.150. The van der Waals surface area contributed by atoms with E-state index in [1.165, 1.54) is 18.5 Å². The van der Waals surface area contributed by atoms with Crippen molar-refractivity contribution in [1.29, 1.82) is 0 Å². The summed E-state index contributed by atoms with van der Waals surface area (Å²) in [7, 11) is 0. The molecule has 3 rings (SSSR count). The fourth-order valence-electron chi connectivity index (χ4n) is 2.61. The lowest BCUT2D eigenvalue weighted by molar-refractivity contribution is 0.102. The van der Waals surface area contributed by atoms with E-state index in [-0.39, 0.29) is 11.6 Å². The van der Waals surface area contributed by atoms with Crippen molar-refractivity contribution >= 4 is 23.1 Å². The molecule has 5 nitrogen and oxygen atoms in total. The Labute approximate surface area is 155 Å². The van der Waals surface area contributed by atoms with E-state index in [0.29, 0.717) is 11.5 Å². The summed E-state index contributed by atoms with van der Waals surface area (Å²) in [5.41, 5.74) is 3.25. The van der Waals surface area contributed by atoms with Gasteiger partial charge in [0.1, 0.15) is 11.5 Å². The van der Waals surface area contributed by atoms with Crippen molar-refractivity contribution in [2.45, 2.75) is 20.3 Å². The first kappa shape index (κ1) is 18.4. The summed E-state index contributed by atoms with van der Waals surface area (Å²) >= 11 is 0. The molecule has 0 aliphatic carbocycles. The van der Waals surface area contributed by atoms with Gasteiger partial charge in [-0.1, -0.05) is 25.1 Å². The van der Waals surface area contributed by atoms with Gasteiger partial charge >= 0.3 is 0 Å². The molecule has 3 aromatic rings. The third-order valence-corrected chi connectivity index (χ3v) is 4.06. The first-order chi connectivity index (χ1) is 13.0. The zero-order valence-electron chi connectivity index (χ0n) is 14.9. The standard InChI is InChI=1S/C20H18F2N4O/c1-3-13-6-4-5-12(2)19(13)26-20(27)17-10-24-18(11-23-17)25-14-7-8-15(21)16(22)9-14/h4-11H,3H2,1-2H3,(H,24,25)(H,26,27). The third kappa shape index (κ3) is 4.25. The molecule has 0 aliphatic heterocycles. The SMILES string of the molecule is CCc1cccc(C)c1NC(=O)c1cnc(Nc2ccc(F)c(F)c2)cn1. The third-order valence-electron chi connectivity index (χ3n) is 4.06. The van der Waals surface area contributed by atoms with Gasteiger partial charge in [-0.3, -0.25) is 4.79 Å². The summed E-state index contributed by atoms with van der Waals surface area (Å²) in [6.45, 7) is 3.94. The molecule has 0 spiro atoms. The molecule has 1 amide bonds. The Kier molecular flexibility index (Phi) is 5.40. The lowest BCUT2D eigenvalue weighted by atomic mass is 10.1. The highest BCUT2D eigenvalue weighted by molar-refractivity contribution is 6.03. The number of para-hydroxylation sites is 1. The van der Waals surface area contributed by atoms with Crippen LogP contribution in [0.4, 0.5) is 26.0 Å².